The zero-order valence-corrected chi connectivity index (χ0v) is 15.6. The maximum absolute atomic E-state index is 12.3. The number of nitrogens with one attached hydrogen (secondary N) is 2. The van der Waals surface area contributed by atoms with E-state index in [1.807, 2.05) is 0 Å². The molecule has 3 rings (SSSR count). The minimum Gasteiger partial charge on any atom is -0.388 e. The summed E-state index contributed by atoms with van der Waals surface area (Å²) in [6, 6.07) is -0.338. The van der Waals surface area contributed by atoms with Gasteiger partial charge in [-0.2, -0.15) is 0 Å². The van der Waals surface area contributed by atoms with Gasteiger partial charge in [0, 0.05) is 39.7 Å². The summed E-state index contributed by atoms with van der Waals surface area (Å²) < 4.78 is 21.8. The van der Waals surface area contributed by atoms with E-state index in [0.717, 1.165) is 0 Å². The van der Waals surface area contributed by atoms with Crippen LogP contribution in [0.5, 0.6) is 0 Å². The van der Waals surface area contributed by atoms with Gasteiger partial charge in [0.1, 0.15) is 18.3 Å². The van der Waals surface area contributed by atoms with Crippen LogP contribution in [0.2, 0.25) is 0 Å². The number of carbonyl (C=O) groups excluding carboxylic acids is 2. The van der Waals surface area contributed by atoms with Crippen molar-refractivity contribution in [2.24, 2.45) is 0 Å². The molecule has 0 aromatic carbocycles. The van der Waals surface area contributed by atoms with Crippen molar-refractivity contribution in [3.63, 3.8) is 0 Å². The van der Waals surface area contributed by atoms with Gasteiger partial charge < -0.3 is 39.6 Å². The standard InChI is InChI=1S/C17H29N3O7/c1-24-5-2-18-17(23)19-10-13-15(22)16-12(27-13)8-11(26-16)9-14(21)20-3-6-25-7-4-20/h11-13,15-16,22H,2-10H2,1H3,(H2,18,19,23). The number of aliphatic hydroxyl groups excluding tert-OH is 1. The summed E-state index contributed by atoms with van der Waals surface area (Å²) in [4.78, 5) is 25.8. The molecule has 27 heavy (non-hydrogen) atoms. The highest BCUT2D eigenvalue weighted by Gasteiger charge is 2.50. The first kappa shape index (κ1) is 20.3. The molecule has 3 aliphatic heterocycles. The Labute approximate surface area is 158 Å². The van der Waals surface area contributed by atoms with Crippen LogP contribution in [0.1, 0.15) is 12.8 Å². The first-order valence-electron chi connectivity index (χ1n) is 9.43. The molecule has 3 aliphatic rings. The van der Waals surface area contributed by atoms with Gasteiger partial charge in [-0.25, -0.2) is 4.79 Å². The summed E-state index contributed by atoms with van der Waals surface area (Å²) in [5.74, 6) is 0.0451. The summed E-state index contributed by atoms with van der Waals surface area (Å²) in [6.07, 6.45) is -1.48. The van der Waals surface area contributed by atoms with Gasteiger partial charge in [-0.15, -0.1) is 0 Å². The second kappa shape index (κ2) is 9.65. The average Bonchev–Trinajstić information content (AvgIpc) is 3.19. The molecule has 0 aliphatic carbocycles. The third-order valence-electron chi connectivity index (χ3n) is 5.10. The Kier molecular flexibility index (Phi) is 7.25. The van der Waals surface area contributed by atoms with Crippen LogP contribution in [0.4, 0.5) is 4.79 Å². The lowest BCUT2D eigenvalue weighted by Gasteiger charge is -2.28. The number of ether oxygens (including phenoxy) is 4. The van der Waals surface area contributed by atoms with Crippen molar-refractivity contribution < 1.29 is 33.6 Å². The zero-order valence-electron chi connectivity index (χ0n) is 15.6. The van der Waals surface area contributed by atoms with Gasteiger partial charge in [-0.05, 0) is 0 Å². The fourth-order valence-electron chi connectivity index (χ4n) is 3.67. The van der Waals surface area contributed by atoms with E-state index >= 15 is 0 Å². The first-order valence-corrected chi connectivity index (χ1v) is 9.43. The Balaban J connectivity index is 1.38. The Bertz CT molecular complexity index is 515. The fraction of sp³-hybridized carbons (Fsp3) is 0.882. The van der Waals surface area contributed by atoms with Gasteiger partial charge >= 0.3 is 6.03 Å². The number of fused-ring (bicyclic) bond motifs is 1. The summed E-state index contributed by atoms with van der Waals surface area (Å²) in [5, 5.41) is 15.7. The van der Waals surface area contributed by atoms with Crippen molar-refractivity contribution >= 4 is 11.9 Å². The molecule has 3 amide bonds. The Morgan fingerprint density at radius 1 is 1.22 bits per heavy atom. The monoisotopic (exact) mass is 387 g/mol. The molecule has 3 saturated heterocycles. The van der Waals surface area contributed by atoms with Gasteiger partial charge in [0.15, 0.2) is 0 Å². The Morgan fingerprint density at radius 2 is 2.00 bits per heavy atom. The predicted molar refractivity (Wildman–Crippen MR) is 93.2 cm³/mol. The van der Waals surface area contributed by atoms with Crippen LogP contribution >= 0.6 is 0 Å². The van der Waals surface area contributed by atoms with E-state index in [2.05, 4.69) is 10.6 Å². The maximum atomic E-state index is 12.3. The molecule has 0 spiro atoms. The van der Waals surface area contributed by atoms with Crippen LogP contribution in [0.3, 0.4) is 0 Å². The van der Waals surface area contributed by atoms with E-state index in [-0.39, 0.29) is 37.1 Å². The van der Waals surface area contributed by atoms with Crippen molar-refractivity contribution in [2.75, 3.05) is 53.1 Å². The van der Waals surface area contributed by atoms with Gasteiger partial charge in [0.2, 0.25) is 5.91 Å². The quantitative estimate of drug-likeness (QED) is 0.453. The number of morpholine rings is 1. The predicted octanol–water partition coefficient (Wildman–Crippen LogP) is -1.53. The maximum Gasteiger partial charge on any atom is 0.314 e. The van der Waals surface area contributed by atoms with E-state index in [0.29, 0.717) is 45.9 Å². The molecule has 0 aromatic rings. The molecule has 3 fully saturated rings. The van der Waals surface area contributed by atoms with E-state index in [4.69, 9.17) is 18.9 Å². The van der Waals surface area contributed by atoms with Gasteiger partial charge in [0.25, 0.3) is 0 Å². The third kappa shape index (κ3) is 5.29. The largest absolute Gasteiger partial charge is 0.388 e. The van der Waals surface area contributed by atoms with Gasteiger partial charge in [-0.1, -0.05) is 0 Å². The van der Waals surface area contributed by atoms with E-state index in [1.54, 1.807) is 12.0 Å². The van der Waals surface area contributed by atoms with E-state index < -0.39 is 18.3 Å². The summed E-state index contributed by atoms with van der Waals surface area (Å²) in [6.45, 7) is 3.38. The molecule has 154 valence electrons. The molecule has 10 nitrogen and oxygen atoms in total. The normalized spacial score (nSPS) is 33.0. The molecule has 5 atom stereocenters. The number of amides is 3. The molecule has 3 N–H and O–H groups in total. The van der Waals surface area contributed by atoms with Crippen LogP contribution in [0.25, 0.3) is 0 Å². The number of urea groups is 1. The summed E-state index contributed by atoms with van der Waals surface area (Å²) >= 11 is 0. The van der Waals surface area contributed by atoms with Crippen molar-refractivity contribution in [3.8, 4) is 0 Å². The van der Waals surface area contributed by atoms with Crippen LogP contribution in [0.15, 0.2) is 0 Å². The molecule has 5 unspecified atom stereocenters. The topological polar surface area (TPSA) is 119 Å². The van der Waals surface area contributed by atoms with Crippen molar-refractivity contribution in [1.29, 1.82) is 0 Å². The molecule has 0 radical (unpaired) electrons. The van der Waals surface area contributed by atoms with E-state index in [1.165, 1.54) is 0 Å². The minimum atomic E-state index is -0.835. The van der Waals surface area contributed by atoms with E-state index in [9.17, 15) is 14.7 Å². The number of carbonyl (C=O) groups is 2. The zero-order chi connectivity index (χ0) is 19.2. The molecule has 0 bridgehead atoms. The van der Waals surface area contributed by atoms with Crippen LogP contribution in [-0.2, 0) is 23.7 Å². The molecular weight excluding hydrogens is 358 g/mol. The lowest BCUT2D eigenvalue weighted by molar-refractivity contribution is -0.138. The molecule has 3 heterocycles. The van der Waals surface area contributed by atoms with Crippen molar-refractivity contribution in [2.45, 2.75) is 43.4 Å². The van der Waals surface area contributed by atoms with Gasteiger partial charge in [0.05, 0.1) is 38.4 Å². The highest BCUT2D eigenvalue weighted by molar-refractivity contribution is 5.76. The fourth-order valence-corrected chi connectivity index (χ4v) is 3.67. The van der Waals surface area contributed by atoms with Gasteiger partial charge in [-0.3, -0.25) is 4.79 Å². The average molecular weight is 387 g/mol. The highest BCUT2D eigenvalue weighted by atomic mass is 16.6. The lowest BCUT2D eigenvalue weighted by Crippen LogP contribution is -2.45. The number of methoxy groups -OCH3 is 1. The number of hydrogen-bond donors (Lipinski definition) is 3. The second-order valence-corrected chi connectivity index (χ2v) is 6.99. The smallest absolute Gasteiger partial charge is 0.314 e. The highest BCUT2D eigenvalue weighted by Crippen LogP contribution is 2.35. The Hall–Kier alpha value is -1.46. The Morgan fingerprint density at radius 3 is 2.70 bits per heavy atom. The molecule has 0 aromatic heterocycles. The SMILES string of the molecule is COCCNC(=O)NCC1OC2CC(CC(=O)N3CCOCC3)OC2C1O. The summed E-state index contributed by atoms with van der Waals surface area (Å²) in [5.41, 5.74) is 0. The van der Waals surface area contributed by atoms with Crippen molar-refractivity contribution in [1.82, 2.24) is 15.5 Å². The van der Waals surface area contributed by atoms with Crippen LogP contribution < -0.4 is 10.6 Å². The van der Waals surface area contributed by atoms with Crippen molar-refractivity contribution in [3.05, 3.63) is 0 Å². The summed E-state index contributed by atoms with van der Waals surface area (Å²) in [7, 11) is 1.56. The molecular formula is C17H29N3O7. The third-order valence-corrected chi connectivity index (χ3v) is 5.10. The lowest BCUT2D eigenvalue weighted by atomic mass is 10.1. The second-order valence-electron chi connectivity index (χ2n) is 6.99. The molecule has 10 heteroatoms. The first-order chi connectivity index (χ1) is 13.1. The number of hydrogen-bond acceptors (Lipinski definition) is 7. The number of aliphatic hydroxyl groups is 1. The number of nitrogens with zero attached hydrogens (tertiary/aromatic N) is 1. The van der Waals surface area contributed by atoms with Crippen LogP contribution in [0, 0.1) is 0 Å². The molecule has 0 saturated carbocycles. The number of rotatable bonds is 7. The minimum absolute atomic E-state index is 0.0451. The van der Waals surface area contributed by atoms with Crippen LogP contribution in [-0.4, -0.2) is 106 Å².